The molecule has 0 radical (unpaired) electrons. The van der Waals surface area contributed by atoms with Gasteiger partial charge in [-0.25, -0.2) is 4.68 Å². The summed E-state index contributed by atoms with van der Waals surface area (Å²) in [5.41, 5.74) is 17.3. The molecular formula is C55H54N14O3. The lowest BCUT2D eigenvalue weighted by Crippen LogP contribution is -2.35. The fraction of sp³-hybridized carbons (Fsp3) is 0.291. The second-order valence-corrected chi connectivity index (χ2v) is 19.7. The van der Waals surface area contributed by atoms with Gasteiger partial charge in [-0.3, -0.25) is 28.4 Å². The highest BCUT2D eigenvalue weighted by Crippen LogP contribution is 2.41. The van der Waals surface area contributed by atoms with Gasteiger partial charge in [0.2, 0.25) is 17.7 Å². The molecule has 0 saturated heterocycles. The summed E-state index contributed by atoms with van der Waals surface area (Å²) in [6.45, 7) is 9.52. The molecule has 3 aromatic carbocycles. The molecule has 7 aromatic heterocycles. The third-order valence-corrected chi connectivity index (χ3v) is 15.5. The lowest BCUT2D eigenvalue weighted by molar-refractivity contribution is -0.130. The van der Waals surface area contributed by atoms with E-state index in [1.165, 1.54) is 0 Å². The normalized spacial score (nSPS) is 14.7. The smallest absolute Gasteiger partial charge is 0.219 e. The van der Waals surface area contributed by atoms with E-state index < -0.39 is 0 Å². The summed E-state index contributed by atoms with van der Waals surface area (Å²) < 4.78 is 10.4. The van der Waals surface area contributed by atoms with Crippen LogP contribution in [-0.4, -0.2) is 106 Å². The molecular weight excluding hydrogens is 905 g/mol. The number of H-pyrrole nitrogens is 1. The molecule has 17 heteroatoms. The summed E-state index contributed by atoms with van der Waals surface area (Å²) in [4.78, 5) is 49.8. The van der Waals surface area contributed by atoms with E-state index in [1.54, 1.807) is 20.8 Å². The van der Waals surface area contributed by atoms with Crippen molar-refractivity contribution < 1.29 is 14.4 Å². The number of aromatic nitrogens is 11. The fourth-order valence-corrected chi connectivity index (χ4v) is 11.7. The van der Waals surface area contributed by atoms with Crippen LogP contribution in [-0.2, 0) is 80.5 Å². The van der Waals surface area contributed by atoms with E-state index >= 15 is 0 Å². The number of nitrogens with zero attached hydrogens (tertiary/aromatic N) is 13. The maximum atomic E-state index is 13.1. The number of para-hydroxylation sites is 2. The van der Waals surface area contributed by atoms with E-state index in [4.69, 9.17) is 15.3 Å². The molecule has 362 valence electrons. The Balaban J connectivity index is 0.893. The highest BCUT2D eigenvalue weighted by Gasteiger charge is 2.33. The fourth-order valence-electron chi connectivity index (χ4n) is 11.7. The first-order chi connectivity index (χ1) is 35.0. The Morgan fingerprint density at radius 3 is 1.88 bits per heavy atom. The molecule has 10 aromatic rings. The van der Waals surface area contributed by atoms with Gasteiger partial charge in [-0.1, -0.05) is 48.5 Å². The Labute approximate surface area is 414 Å². The molecule has 0 spiro atoms. The first-order valence-electron chi connectivity index (χ1n) is 24.8. The Hall–Kier alpha value is -8.47. The van der Waals surface area contributed by atoms with Crippen LogP contribution in [0.1, 0.15) is 54.5 Å². The predicted molar refractivity (Wildman–Crippen MR) is 274 cm³/mol. The second-order valence-electron chi connectivity index (χ2n) is 19.7. The van der Waals surface area contributed by atoms with E-state index in [-0.39, 0.29) is 17.7 Å². The topological polar surface area (TPSA) is 158 Å². The molecule has 17 nitrogen and oxygen atoms in total. The number of aryl methyl sites for hydroxylation is 4. The van der Waals surface area contributed by atoms with Crippen molar-refractivity contribution in [2.45, 2.75) is 72.8 Å². The Morgan fingerprint density at radius 1 is 0.583 bits per heavy atom. The van der Waals surface area contributed by atoms with Gasteiger partial charge in [-0.15, -0.1) is 0 Å². The molecule has 0 atom stereocenters. The number of hydrogen-bond acceptors (Lipinski definition) is 7. The van der Waals surface area contributed by atoms with E-state index in [9.17, 15) is 14.4 Å². The van der Waals surface area contributed by atoms with Crippen molar-refractivity contribution in [1.82, 2.24) is 68.2 Å². The third-order valence-electron chi connectivity index (χ3n) is 15.5. The summed E-state index contributed by atoms with van der Waals surface area (Å²) in [6, 6.07) is 23.3. The molecule has 0 unspecified atom stereocenters. The highest BCUT2D eigenvalue weighted by molar-refractivity contribution is 5.99. The van der Waals surface area contributed by atoms with Crippen molar-refractivity contribution in [2.24, 2.45) is 14.1 Å². The van der Waals surface area contributed by atoms with Crippen LogP contribution in [0.5, 0.6) is 0 Å². The van der Waals surface area contributed by atoms with Gasteiger partial charge in [0.05, 0.1) is 35.3 Å². The van der Waals surface area contributed by atoms with Gasteiger partial charge >= 0.3 is 0 Å². The molecule has 0 fully saturated rings. The molecule has 72 heavy (non-hydrogen) atoms. The van der Waals surface area contributed by atoms with Crippen LogP contribution in [0.3, 0.4) is 0 Å². The Morgan fingerprint density at radius 2 is 1.18 bits per heavy atom. The molecule has 3 aliphatic heterocycles. The number of hydrogen-bond donors (Lipinski definition) is 1. The number of rotatable bonds is 8. The quantitative estimate of drug-likeness (QED) is 0.167. The molecule has 3 amide bonds. The summed E-state index contributed by atoms with van der Waals surface area (Å²) >= 11 is 0. The van der Waals surface area contributed by atoms with E-state index in [0.29, 0.717) is 65.2 Å². The first-order valence-corrected chi connectivity index (χ1v) is 24.8. The van der Waals surface area contributed by atoms with Crippen molar-refractivity contribution in [3.05, 3.63) is 131 Å². The molecule has 0 saturated carbocycles. The third kappa shape index (κ3) is 6.92. The first kappa shape index (κ1) is 43.5. The van der Waals surface area contributed by atoms with Crippen LogP contribution >= 0.6 is 0 Å². The van der Waals surface area contributed by atoms with Gasteiger partial charge in [0.15, 0.2) is 0 Å². The maximum Gasteiger partial charge on any atom is 0.219 e. The van der Waals surface area contributed by atoms with Crippen LogP contribution in [0.15, 0.2) is 97.7 Å². The summed E-state index contributed by atoms with van der Waals surface area (Å²) in [5.74, 6) is 0.149. The molecule has 10 heterocycles. The second kappa shape index (κ2) is 16.6. The largest absolute Gasteiger partial charge is 0.360 e. The van der Waals surface area contributed by atoms with Gasteiger partial charge in [0.25, 0.3) is 0 Å². The molecule has 1 N–H and O–H groups in total. The van der Waals surface area contributed by atoms with Crippen LogP contribution in [0, 0.1) is 0 Å². The number of fused-ring (bicyclic) bond motifs is 6. The zero-order chi connectivity index (χ0) is 49.1. The van der Waals surface area contributed by atoms with Crippen molar-refractivity contribution >= 4 is 50.4 Å². The van der Waals surface area contributed by atoms with Crippen molar-refractivity contribution in [2.75, 3.05) is 19.6 Å². The Bertz CT molecular complexity index is 3870. The summed E-state index contributed by atoms with van der Waals surface area (Å²) in [6.07, 6.45) is 12.4. The number of carbonyl (C=O) groups excluding carboxylic acids is 3. The van der Waals surface area contributed by atoms with Gasteiger partial charge in [0, 0.05) is 202 Å². The van der Waals surface area contributed by atoms with Gasteiger partial charge < -0.3 is 24.3 Å². The molecule has 13 rings (SSSR count). The average Bonchev–Trinajstić information content (AvgIpc) is 4.28. The zero-order valence-electron chi connectivity index (χ0n) is 41.1. The zero-order valence-corrected chi connectivity index (χ0v) is 41.1. The van der Waals surface area contributed by atoms with Crippen LogP contribution in [0.4, 0.5) is 0 Å². The minimum atomic E-state index is 0.0329. The van der Waals surface area contributed by atoms with Gasteiger partial charge in [-0.2, -0.15) is 25.2 Å². The van der Waals surface area contributed by atoms with Crippen molar-refractivity contribution in [1.29, 1.82) is 0 Å². The molecule has 3 aliphatic rings. The lowest BCUT2D eigenvalue weighted by Gasteiger charge is -2.27. The van der Waals surface area contributed by atoms with Crippen molar-refractivity contribution in [3.8, 4) is 44.9 Å². The summed E-state index contributed by atoms with van der Waals surface area (Å²) in [7, 11) is 3.91. The minimum Gasteiger partial charge on any atom is -0.360 e. The Kier molecular flexibility index (Phi) is 10.0. The maximum absolute atomic E-state index is 13.1. The van der Waals surface area contributed by atoms with Crippen LogP contribution in [0.2, 0.25) is 0 Å². The predicted octanol–water partition coefficient (Wildman–Crippen LogP) is 7.33. The molecule has 0 bridgehead atoms. The van der Waals surface area contributed by atoms with Gasteiger partial charge in [0.1, 0.15) is 5.69 Å². The average molecular weight is 959 g/mol. The van der Waals surface area contributed by atoms with E-state index in [2.05, 4.69) is 103 Å². The molecule has 0 aliphatic carbocycles. The van der Waals surface area contributed by atoms with E-state index in [0.717, 1.165) is 118 Å². The summed E-state index contributed by atoms with van der Waals surface area (Å²) in [5, 5.41) is 23.6. The standard InChI is InChI=1S/C55H54N14O3/c1-33(70)63-19-16-48-44(29-63)54(58-62(48)5)43-32-68(51-13-9-7-11-40(43)51)69-52-18-21-65(35(3)72)31-46(52)55(60-69)42-28-66(49-12-8-6-10-39(42)49)22-23-67-50-17-20-64(34(2)71)30-45(50)53(59-67)41-26-56-47-24-36(14-15-38(41)47)37-25-57-61(4)27-37/h6-15,24-28,32,56H,16-23,29-31H2,1-5H3. The minimum absolute atomic E-state index is 0.0329. The number of aromatic amines is 1. The monoisotopic (exact) mass is 958 g/mol. The van der Waals surface area contributed by atoms with Gasteiger partial charge in [-0.05, 0) is 23.8 Å². The number of amides is 3. The SMILES string of the molecule is CC(=O)N1CCc2c(c(-c3cn(-n4nc(-c5cn(CCn6nc(-c7c[nH]c8cc(-c9cnn(C)c9)ccc78)c7c6CCN(C(C)=O)C7)c6ccccc56)c5c4CCN(C(C)=O)C5)c4ccccc34)nn2C)C1. The number of nitrogens with one attached hydrogen (secondary N) is 1. The van der Waals surface area contributed by atoms with Crippen molar-refractivity contribution in [3.63, 3.8) is 0 Å². The van der Waals surface area contributed by atoms with Crippen LogP contribution < -0.4 is 0 Å². The number of benzene rings is 3. The van der Waals surface area contributed by atoms with Crippen LogP contribution in [0.25, 0.3) is 77.6 Å². The van der Waals surface area contributed by atoms with E-state index in [1.807, 2.05) is 61.5 Å². The number of carbonyl (C=O) groups is 3. The lowest BCUT2D eigenvalue weighted by atomic mass is 9.99. The highest BCUT2D eigenvalue weighted by atomic mass is 16.2.